The molecule has 2 aliphatic heterocycles. The molecule has 1 atom stereocenters. The number of carbonyl (C=O) groups is 2. The van der Waals surface area contributed by atoms with Crippen LogP contribution in [0.3, 0.4) is 0 Å². The van der Waals surface area contributed by atoms with Gasteiger partial charge >= 0.3 is 6.18 Å². The summed E-state index contributed by atoms with van der Waals surface area (Å²) in [4.78, 5) is 32.0. The molecule has 7 nitrogen and oxygen atoms in total. The summed E-state index contributed by atoms with van der Waals surface area (Å²) in [5.74, 6) is -0.395. The molecule has 0 radical (unpaired) electrons. The molecule has 0 unspecified atom stereocenters. The highest BCUT2D eigenvalue weighted by Crippen LogP contribution is 2.40. The van der Waals surface area contributed by atoms with Crippen molar-refractivity contribution in [2.75, 3.05) is 19.6 Å². The summed E-state index contributed by atoms with van der Waals surface area (Å²) in [6, 6.07) is 0.490. The molecule has 162 valence electrons. The normalized spacial score (nSPS) is 19.7. The fraction of sp³-hybridized carbons (Fsp3) is 0.600. The fourth-order valence-electron chi connectivity index (χ4n) is 4.45. The Labute approximate surface area is 171 Å². The van der Waals surface area contributed by atoms with Gasteiger partial charge in [-0.1, -0.05) is 5.16 Å². The molecule has 0 aliphatic carbocycles. The van der Waals surface area contributed by atoms with Gasteiger partial charge in [-0.2, -0.15) is 13.2 Å². The van der Waals surface area contributed by atoms with E-state index in [2.05, 4.69) is 10.1 Å². The molecule has 2 aliphatic rings. The first kappa shape index (κ1) is 20.6. The molecule has 10 heteroatoms. The minimum absolute atomic E-state index is 0.0118. The Kier molecular flexibility index (Phi) is 5.19. The van der Waals surface area contributed by atoms with E-state index in [-0.39, 0.29) is 40.2 Å². The number of fused-ring (bicyclic) bond motifs is 1. The zero-order valence-electron chi connectivity index (χ0n) is 16.8. The molecule has 0 bridgehead atoms. The van der Waals surface area contributed by atoms with Crippen LogP contribution in [-0.4, -0.2) is 57.4 Å². The number of halogens is 3. The number of likely N-dealkylation sites (tertiary alicyclic amines) is 2. The summed E-state index contributed by atoms with van der Waals surface area (Å²) in [5, 5.41) is 3.83. The molecule has 0 aromatic carbocycles. The van der Waals surface area contributed by atoms with Gasteiger partial charge in [0.15, 0.2) is 0 Å². The highest BCUT2D eigenvalue weighted by atomic mass is 19.4. The van der Waals surface area contributed by atoms with Crippen LogP contribution in [0.1, 0.15) is 55.5 Å². The zero-order valence-corrected chi connectivity index (χ0v) is 16.8. The Morgan fingerprint density at radius 3 is 2.57 bits per heavy atom. The Bertz CT molecular complexity index is 980. The van der Waals surface area contributed by atoms with Crippen LogP contribution in [-0.2, 0) is 15.8 Å². The number of piperidine rings is 1. The predicted octanol–water partition coefficient (Wildman–Crippen LogP) is 3.27. The number of rotatable bonds is 3. The van der Waals surface area contributed by atoms with Crippen molar-refractivity contribution in [2.24, 2.45) is 0 Å². The second kappa shape index (κ2) is 7.55. The van der Waals surface area contributed by atoms with Crippen LogP contribution in [0.4, 0.5) is 13.2 Å². The van der Waals surface area contributed by atoms with E-state index in [0.29, 0.717) is 38.9 Å². The highest BCUT2D eigenvalue weighted by Gasteiger charge is 2.38. The van der Waals surface area contributed by atoms with Crippen molar-refractivity contribution in [3.63, 3.8) is 0 Å². The predicted molar refractivity (Wildman–Crippen MR) is 101 cm³/mol. The summed E-state index contributed by atoms with van der Waals surface area (Å²) in [6.45, 7) is 4.58. The first-order chi connectivity index (χ1) is 14.2. The van der Waals surface area contributed by atoms with Crippen molar-refractivity contribution in [1.82, 2.24) is 19.9 Å². The minimum atomic E-state index is -4.54. The highest BCUT2D eigenvalue weighted by molar-refractivity contribution is 5.88. The maximum atomic E-state index is 13.6. The smallest absolute Gasteiger partial charge is 0.341 e. The van der Waals surface area contributed by atoms with E-state index in [4.69, 9.17) is 4.52 Å². The first-order valence-corrected chi connectivity index (χ1v) is 10.1. The van der Waals surface area contributed by atoms with E-state index in [1.165, 1.54) is 6.92 Å². The van der Waals surface area contributed by atoms with Crippen LogP contribution in [0.5, 0.6) is 0 Å². The standard InChI is InChI=1S/C20H23F3N4O3/c1-11-10-14(20(21,22)23)16-17(25-30-18(16)24-11)13-5-8-26(9-6-13)19(29)12(2)27-7-3-4-15(27)28/h10,12-13H,3-9H2,1-2H3/t12-/m0/s1. The van der Waals surface area contributed by atoms with Gasteiger partial charge in [-0.05, 0) is 39.2 Å². The minimum Gasteiger partial charge on any atom is -0.341 e. The molecule has 2 aromatic rings. The van der Waals surface area contributed by atoms with E-state index in [0.717, 1.165) is 12.5 Å². The average Bonchev–Trinajstić information content (AvgIpc) is 3.31. The summed E-state index contributed by atoms with van der Waals surface area (Å²) in [5.41, 5.74) is -0.444. The number of alkyl halides is 3. The van der Waals surface area contributed by atoms with Crippen molar-refractivity contribution in [2.45, 2.75) is 57.7 Å². The first-order valence-electron chi connectivity index (χ1n) is 10.1. The second-order valence-corrected chi connectivity index (χ2v) is 8.02. The summed E-state index contributed by atoms with van der Waals surface area (Å²) in [6.07, 6.45) is -2.38. The lowest BCUT2D eigenvalue weighted by molar-refractivity contribution is -0.143. The van der Waals surface area contributed by atoms with E-state index >= 15 is 0 Å². The molecular formula is C20H23F3N4O3. The molecular weight excluding hydrogens is 401 g/mol. The second-order valence-electron chi connectivity index (χ2n) is 8.02. The SMILES string of the molecule is Cc1cc(C(F)(F)F)c2c(C3CCN(C(=O)[C@H](C)N4CCCC4=O)CC3)noc2n1. The third kappa shape index (κ3) is 3.63. The van der Waals surface area contributed by atoms with Crippen molar-refractivity contribution in [3.05, 3.63) is 23.0 Å². The van der Waals surface area contributed by atoms with Crippen molar-refractivity contribution < 1.29 is 27.3 Å². The number of aryl methyl sites for hydroxylation is 1. The van der Waals surface area contributed by atoms with Gasteiger partial charge in [0.05, 0.1) is 16.6 Å². The van der Waals surface area contributed by atoms with Crippen LogP contribution in [0.2, 0.25) is 0 Å². The van der Waals surface area contributed by atoms with E-state index in [1.807, 2.05) is 0 Å². The molecule has 4 rings (SSSR count). The van der Waals surface area contributed by atoms with Crippen molar-refractivity contribution >= 4 is 22.9 Å². The molecule has 0 saturated carbocycles. The monoisotopic (exact) mass is 424 g/mol. The molecule has 4 heterocycles. The number of carbonyl (C=O) groups excluding carboxylic acids is 2. The Morgan fingerprint density at radius 1 is 1.27 bits per heavy atom. The number of amides is 2. The number of hydrogen-bond acceptors (Lipinski definition) is 5. The van der Waals surface area contributed by atoms with Crippen molar-refractivity contribution in [3.8, 4) is 0 Å². The van der Waals surface area contributed by atoms with E-state index < -0.39 is 17.8 Å². The Hall–Kier alpha value is -2.65. The summed E-state index contributed by atoms with van der Waals surface area (Å²) < 4.78 is 45.9. The van der Waals surface area contributed by atoms with Crippen LogP contribution in [0.15, 0.2) is 10.6 Å². The average molecular weight is 424 g/mol. The Morgan fingerprint density at radius 2 is 1.97 bits per heavy atom. The van der Waals surface area contributed by atoms with Crippen molar-refractivity contribution in [1.29, 1.82) is 0 Å². The van der Waals surface area contributed by atoms with Gasteiger partial charge < -0.3 is 14.3 Å². The summed E-state index contributed by atoms with van der Waals surface area (Å²) >= 11 is 0. The molecule has 2 saturated heterocycles. The number of hydrogen-bond donors (Lipinski definition) is 0. The largest absolute Gasteiger partial charge is 0.417 e. The van der Waals surface area contributed by atoms with Gasteiger partial charge in [-0.15, -0.1) is 0 Å². The van der Waals surface area contributed by atoms with Crippen LogP contribution in [0.25, 0.3) is 11.1 Å². The zero-order chi connectivity index (χ0) is 21.6. The van der Waals surface area contributed by atoms with Gasteiger partial charge in [0.2, 0.25) is 11.8 Å². The molecule has 30 heavy (non-hydrogen) atoms. The van der Waals surface area contributed by atoms with Gasteiger partial charge in [0.25, 0.3) is 5.71 Å². The molecule has 2 aromatic heterocycles. The molecule has 0 spiro atoms. The van der Waals surface area contributed by atoms with E-state index in [9.17, 15) is 22.8 Å². The molecule has 0 N–H and O–H groups in total. The van der Waals surface area contributed by atoms with Gasteiger partial charge in [0.1, 0.15) is 6.04 Å². The Balaban J connectivity index is 1.51. The number of aromatic nitrogens is 2. The maximum absolute atomic E-state index is 13.6. The number of pyridine rings is 1. The third-order valence-corrected chi connectivity index (χ3v) is 6.03. The van der Waals surface area contributed by atoms with Gasteiger partial charge in [-0.3, -0.25) is 9.59 Å². The van der Waals surface area contributed by atoms with E-state index in [1.54, 1.807) is 16.7 Å². The number of nitrogens with zero attached hydrogens (tertiary/aromatic N) is 4. The molecule has 2 amide bonds. The fourth-order valence-corrected chi connectivity index (χ4v) is 4.45. The summed E-state index contributed by atoms with van der Waals surface area (Å²) in [7, 11) is 0. The lowest BCUT2D eigenvalue weighted by Crippen LogP contribution is -2.49. The lowest BCUT2D eigenvalue weighted by atomic mass is 9.90. The van der Waals surface area contributed by atoms with Crippen LogP contribution >= 0.6 is 0 Å². The lowest BCUT2D eigenvalue weighted by Gasteiger charge is -2.35. The van der Waals surface area contributed by atoms with Crippen LogP contribution < -0.4 is 0 Å². The third-order valence-electron chi connectivity index (χ3n) is 6.03. The maximum Gasteiger partial charge on any atom is 0.417 e. The van der Waals surface area contributed by atoms with Crippen LogP contribution in [0, 0.1) is 6.92 Å². The van der Waals surface area contributed by atoms with Gasteiger partial charge in [0, 0.05) is 37.7 Å². The topological polar surface area (TPSA) is 79.5 Å². The van der Waals surface area contributed by atoms with Gasteiger partial charge in [-0.25, -0.2) is 4.98 Å². The quantitative estimate of drug-likeness (QED) is 0.756. The molecule has 2 fully saturated rings.